The number of aromatic nitrogens is 4. The topological polar surface area (TPSA) is 55.7 Å². The van der Waals surface area contributed by atoms with E-state index in [4.69, 9.17) is 4.98 Å². The molecular formula is C111H112N4Zr2-. The van der Waals surface area contributed by atoms with Crippen LogP contribution in [0.1, 0.15) is 144 Å². The smallest absolute Gasteiger partial charge is 0.656 e. The van der Waals surface area contributed by atoms with Crippen LogP contribution in [-0.4, -0.2) is 15.0 Å². The molecule has 13 aromatic carbocycles. The van der Waals surface area contributed by atoms with E-state index < -0.39 is 0 Å². The first-order valence-electron chi connectivity index (χ1n) is 39.3. The number of aromatic amines is 1. The Labute approximate surface area is 739 Å². The average Bonchev–Trinajstić information content (AvgIpc) is 1.74. The molecule has 0 amide bonds. The van der Waals surface area contributed by atoms with E-state index in [0.29, 0.717) is 0 Å². The normalized spacial score (nSPS) is 10.7. The summed E-state index contributed by atoms with van der Waals surface area (Å²) in [4.78, 5) is 17.8. The third-order valence-corrected chi connectivity index (χ3v) is 19.0. The van der Waals surface area contributed by atoms with Gasteiger partial charge in [0.2, 0.25) is 0 Å². The molecule has 6 heteroatoms. The van der Waals surface area contributed by atoms with Gasteiger partial charge in [-0.1, -0.05) is 217 Å². The molecule has 17 aromatic rings. The van der Waals surface area contributed by atoms with Gasteiger partial charge in [0.1, 0.15) is 0 Å². The van der Waals surface area contributed by atoms with Crippen LogP contribution < -0.4 is 4.98 Å². The Morgan fingerprint density at radius 1 is 0.239 bits per heavy atom. The molecule has 0 bridgehead atoms. The molecule has 17 rings (SSSR count). The van der Waals surface area contributed by atoms with Gasteiger partial charge in [-0.25, -0.2) is 0 Å². The summed E-state index contributed by atoms with van der Waals surface area (Å²) in [6, 6.07) is 122. The van der Waals surface area contributed by atoms with Crippen molar-refractivity contribution < 1.29 is 52.4 Å². The number of rotatable bonds is 4. The zero-order chi connectivity index (χ0) is 82.6. The number of H-pyrrole nitrogens is 1. The molecule has 0 aliphatic carbocycles. The summed E-state index contributed by atoms with van der Waals surface area (Å²) in [7, 11) is 0. The van der Waals surface area contributed by atoms with Crippen LogP contribution >= 0.6 is 0 Å². The second kappa shape index (κ2) is 44.6. The summed E-state index contributed by atoms with van der Waals surface area (Å²) in [5.41, 5.74) is 21.7. The first-order chi connectivity index (χ1) is 55.0. The maximum atomic E-state index is 5.05. The van der Waals surface area contributed by atoms with E-state index in [9.17, 15) is 0 Å². The molecule has 0 spiro atoms. The van der Waals surface area contributed by atoms with Gasteiger partial charge in [0.05, 0.1) is 11.4 Å². The van der Waals surface area contributed by atoms with Crippen molar-refractivity contribution in [3.05, 3.63) is 480 Å². The van der Waals surface area contributed by atoms with E-state index in [2.05, 4.69) is 256 Å². The quantitative estimate of drug-likeness (QED) is 0.141. The van der Waals surface area contributed by atoms with Crippen molar-refractivity contribution in [2.24, 2.45) is 0 Å². The molecule has 0 fully saturated rings. The van der Waals surface area contributed by atoms with Crippen LogP contribution in [0.3, 0.4) is 0 Å². The number of nitrogens with zero attached hydrogens (tertiary/aromatic N) is 3. The van der Waals surface area contributed by atoms with Gasteiger partial charge in [-0.15, -0.1) is 96.3 Å². The molecule has 4 aromatic heterocycles. The van der Waals surface area contributed by atoms with Crippen LogP contribution in [0.25, 0.3) is 88.4 Å². The predicted octanol–water partition coefficient (Wildman–Crippen LogP) is 30.0. The summed E-state index contributed by atoms with van der Waals surface area (Å²) in [6.07, 6.45) is 3.66. The largest absolute Gasteiger partial charge is 4.00 e. The third kappa shape index (κ3) is 29.1. The molecular weight excluding hydrogens is 1570 g/mol. The SMILES string of the molecule is CC(C)(C)c1ccc2c(-c3ccc(-c4ccccn4)[n-]3)c3cc(C(C)(C)C)ccc3cc2c1.CC(C)(C)c1ccc2c(-c3ccc(-c4ccccn4)[nH]3)c3cc(C(C)(C)C)ccc3cc2c1.[CH2-]c1ccccc1.[CH2-]c1ccccc1.[CH2-]c1ccccc1.[CH2-]c1ccccc1.[CH2-]c1ccccc1.[CH2-]c1ccccc1.[CH2-]c1ccccc1.[Zr+3].[Zr+4]. The van der Waals surface area contributed by atoms with E-state index in [-0.39, 0.29) is 74.1 Å². The van der Waals surface area contributed by atoms with Gasteiger partial charge in [-0.2, -0.15) is 172 Å². The molecule has 4 heterocycles. The molecule has 0 aliphatic rings. The zero-order valence-corrected chi connectivity index (χ0v) is 75.4. The Hall–Kier alpha value is -11.4. The first kappa shape index (κ1) is 92.8. The molecule has 117 heavy (non-hydrogen) atoms. The van der Waals surface area contributed by atoms with Gasteiger partial charge in [-0.05, 0) is 147 Å². The molecule has 4 nitrogen and oxygen atoms in total. The number of hydrogen-bond acceptors (Lipinski definition) is 2. The van der Waals surface area contributed by atoms with Crippen LogP contribution in [0.4, 0.5) is 0 Å². The Balaban J connectivity index is 0.000000204. The van der Waals surface area contributed by atoms with Crippen LogP contribution in [0.15, 0.2) is 370 Å². The summed E-state index contributed by atoms with van der Waals surface area (Å²) in [5.74, 6) is 0. The minimum Gasteiger partial charge on any atom is -0.656 e. The minimum absolute atomic E-state index is 0. The van der Waals surface area contributed by atoms with Gasteiger partial charge in [-0.3, -0.25) is 9.97 Å². The van der Waals surface area contributed by atoms with E-state index in [1.165, 1.54) is 76.5 Å². The molecule has 0 saturated heterocycles. The van der Waals surface area contributed by atoms with Crippen LogP contribution in [-0.2, 0) is 74.1 Å². The van der Waals surface area contributed by atoms with E-state index >= 15 is 0 Å². The summed E-state index contributed by atoms with van der Waals surface area (Å²) >= 11 is 0. The molecule has 585 valence electrons. The van der Waals surface area contributed by atoms with E-state index in [1.807, 2.05) is 261 Å². The zero-order valence-electron chi connectivity index (χ0n) is 70.5. The van der Waals surface area contributed by atoms with Crippen LogP contribution in [0, 0.1) is 48.5 Å². The number of pyridine rings is 2. The van der Waals surface area contributed by atoms with Crippen molar-refractivity contribution in [2.45, 2.75) is 105 Å². The molecule has 1 radical (unpaired) electrons. The summed E-state index contributed by atoms with van der Waals surface area (Å²) in [6.45, 7) is 53.3. The van der Waals surface area contributed by atoms with E-state index in [1.54, 1.807) is 0 Å². The Bertz CT molecular complexity index is 5120. The average molecular weight is 1680 g/mol. The van der Waals surface area contributed by atoms with Gasteiger partial charge in [0, 0.05) is 29.3 Å². The fourth-order valence-corrected chi connectivity index (χ4v) is 12.4. The number of fused-ring (bicyclic) bond motifs is 4. The molecule has 0 aliphatic heterocycles. The van der Waals surface area contributed by atoms with Crippen molar-refractivity contribution in [3.8, 4) is 45.3 Å². The van der Waals surface area contributed by atoms with Crippen molar-refractivity contribution in [2.75, 3.05) is 0 Å². The van der Waals surface area contributed by atoms with E-state index in [0.717, 1.165) is 73.1 Å². The Morgan fingerprint density at radius 2 is 0.513 bits per heavy atom. The Kier molecular flexibility index (Phi) is 35.4. The fourth-order valence-electron chi connectivity index (χ4n) is 12.4. The molecule has 1 N–H and O–H groups in total. The summed E-state index contributed by atoms with van der Waals surface area (Å²) in [5, 5.41) is 10.1. The van der Waals surface area contributed by atoms with Crippen LogP contribution in [0.5, 0.6) is 0 Å². The standard InChI is InChI=1S/C31H32N2.C31H31N2.7C7H7.2Zr/c2*1-30(2,3)22-12-13-24-21(18-22)17-20-10-11-23(31(4,5)6)19-25(20)29(24)28-15-14-27(33-28)26-9-7-8-16-32-26;7*1-7-5-3-2-4-6-7;;/h7-19,33H,1-6H3;7-19H,1-6H3;7*2-6H,1H2;;/q;8*-1;+3;+4. The number of benzene rings is 13. The van der Waals surface area contributed by atoms with Gasteiger partial charge in [0.15, 0.2) is 0 Å². The van der Waals surface area contributed by atoms with Crippen LogP contribution in [0.2, 0.25) is 0 Å². The number of nitrogens with one attached hydrogen (secondary N) is 1. The van der Waals surface area contributed by atoms with Crippen molar-refractivity contribution in [1.82, 2.24) is 19.9 Å². The van der Waals surface area contributed by atoms with Crippen molar-refractivity contribution in [1.29, 1.82) is 0 Å². The first-order valence-corrected chi connectivity index (χ1v) is 39.3. The molecule has 0 saturated carbocycles. The van der Waals surface area contributed by atoms with Gasteiger partial charge >= 0.3 is 52.4 Å². The maximum absolute atomic E-state index is 5.05. The van der Waals surface area contributed by atoms with Crippen molar-refractivity contribution in [3.63, 3.8) is 0 Å². The second-order valence-corrected chi connectivity index (χ2v) is 32.6. The predicted molar refractivity (Wildman–Crippen MR) is 499 cm³/mol. The maximum Gasteiger partial charge on any atom is 4.00 e. The second-order valence-electron chi connectivity index (χ2n) is 32.6. The molecule has 0 atom stereocenters. The summed E-state index contributed by atoms with van der Waals surface area (Å²) < 4.78 is 0. The third-order valence-electron chi connectivity index (χ3n) is 19.0. The Morgan fingerprint density at radius 3 is 0.812 bits per heavy atom. The van der Waals surface area contributed by atoms with Gasteiger partial charge in [0.25, 0.3) is 0 Å². The van der Waals surface area contributed by atoms with Gasteiger partial charge < -0.3 is 9.97 Å². The minimum atomic E-state index is 0. The number of hydrogen-bond donors (Lipinski definition) is 1. The fraction of sp³-hybridized carbons (Fsp3) is 0.144. The van der Waals surface area contributed by atoms with Crippen molar-refractivity contribution >= 4 is 43.1 Å². The molecule has 0 unspecified atom stereocenters. The monoisotopic (exact) mass is 1680 g/mol.